The number of hydrogen-bond donors (Lipinski definition) is 2. The van der Waals surface area contributed by atoms with E-state index in [1.165, 1.54) is 11.0 Å². The molecule has 88 valence electrons. The summed E-state index contributed by atoms with van der Waals surface area (Å²) in [6.07, 6.45) is 2.23. The molecule has 2 N–H and O–H groups in total. The zero-order valence-electron chi connectivity index (χ0n) is 9.56. The quantitative estimate of drug-likeness (QED) is 0.749. The van der Waals surface area contributed by atoms with E-state index in [9.17, 15) is 4.79 Å². The van der Waals surface area contributed by atoms with Crippen LogP contribution in [-0.2, 0) is 11.2 Å². The zero-order chi connectivity index (χ0) is 12.0. The second kappa shape index (κ2) is 6.45. The van der Waals surface area contributed by atoms with Gasteiger partial charge in [0.2, 0.25) is 0 Å². The predicted octanol–water partition coefficient (Wildman–Crippen LogP) is 2.30. The lowest BCUT2D eigenvalue weighted by Gasteiger charge is -2.12. The Labute approximate surface area is 99.8 Å². The van der Waals surface area contributed by atoms with E-state index >= 15 is 0 Å². The first-order valence-electron chi connectivity index (χ1n) is 5.24. The third-order valence-corrected chi connectivity index (χ3v) is 3.09. The van der Waals surface area contributed by atoms with Crippen molar-refractivity contribution in [3.63, 3.8) is 0 Å². The molecular weight excluding hydrogens is 222 g/mol. The van der Waals surface area contributed by atoms with Crippen molar-refractivity contribution in [2.75, 3.05) is 6.54 Å². The summed E-state index contributed by atoms with van der Waals surface area (Å²) in [7, 11) is 0. The standard InChI is InChI=1S/C12H17NO2S/c1-9(6-12(14)15)8-13-10(2)7-11-4-3-5-16-11/h3-6,10,13H,7-8H2,1-2H3,(H,14,15)/b9-6+. The second-order valence-corrected chi connectivity index (χ2v) is 4.93. The Kier molecular flexibility index (Phi) is 5.22. The van der Waals surface area contributed by atoms with E-state index in [4.69, 9.17) is 5.11 Å². The van der Waals surface area contributed by atoms with Crippen LogP contribution in [0, 0.1) is 0 Å². The first-order chi connectivity index (χ1) is 7.58. The van der Waals surface area contributed by atoms with Gasteiger partial charge in [-0.2, -0.15) is 0 Å². The molecule has 3 nitrogen and oxygen atoms in total. The molecule has 0 saturated heterocycles. The minimum atomic E-state index is -0.884. The number of aliphatic carboxylic acids is 1. The molecule has 1 rings (SSSR count). The largest absolute Gasteiger partial charge is 0.478 e. The molecule has 0 radical (unpaired) electrons. The molecule has 0 aliphatic rings. The van der Waals surface area contributed by atoms with Gasteiger partial charge >= 0.3 is 5.97 Å². The maximum absolute atomic E-state index is 10.4. The van der Waals surface area contributed by atoms with Crippen LogP contribution in [0.3, 0.4) is 0 Å². The van der Waals surface area contributed by atoms with Gasteiger partial charge in [0.1, 0.15) is 0 Å². The molecule has 16 heavy (non-hydrogen) atoms. The Morgan fingerprint density at radius 3 is 3.00 bits per heavy atom. The Morgan fingerprint density at radius 1 is 1.69 bits per heavy atom. The van der Waals surface area contributed by atoms with Crippen molar-refractivity contribution in [2.45, 2.75) is 26.3 Å². The minimum absolute atomic E-state index is 0.357. The molecule has 0 aromatic carbocycles. The fourth-order valence-electron chi connectivity index (χ4n) is 1.40. The summed E-state index contributed by atoms with van der Waals surface area (Å²) < 4.78 is 0. The smallest absolute Gasteiger partial charge is 0.328 e. The number of hydrogen-bond acceptors (Lipinski definition) is 3. The molecule has 1 heterocycles. The molecule has 0 bridgehead atoms. The number of nitrogens with one attached hydrogen (secondary N) is 1. The van der Waals surface area contributed by atoms with Crippen LogP contribution in [0.1, 0.15) is 18.7 Å². The molecule has 0 spiro atoms. The van der Waals surface area contributed by atoms with Crippen molar-refractivity contribution in [3.8, 4) is 0 Å². The first-order valence-corrected chi connectivity index (χ1v) is 6.11. The molecule has 0 fully saturated rings. The van der Waals surface area contributed by atoms with E-state index in [1.54, 1.807) is 11.3 Å². The fourth-order valence-corrected chi connectivity index (χ4v) is 2.23. The summed E-state index contributed by atoms with van der Waals surface area (Å²) in [5.74, 6) is -0.884. The van der Waals surface area contributed by atoms with Gasteiger partial charge in [-0.1, -0.05) is 11.6 Å². The summed E-state index contributed by atoms with van der Waals surface area (Å²) in [6.45, 7) is 4.55. The molecule has 1 aromatic heterocycles. The molecule has 1 unspecified atom stereocenters. The predicted molar refractivity (Wildman–Crippen MR) is 66.9 cm³/mol. The number of rotatable bonds is 6. The van der Waals surface area contributed by atoms with Crippen molar-refractivity contribution in [3.05, 3.63) is 34.0 Å². The number of carbonyl (C=O) groups is 1. The van der Waals surface area contributed by atoms with Gasteiger partial charge in [-0.25, -0.2) is 4.79 Å². The maximum atomic E-state index is 10.4. The van der Waals surface area contributed by atoms with Crippen LogP contribution in [0.5, 0.6) is 0 Å². The van der Waals surface area contributed by atoms with Crippen molar-refractivity contribution in [1.29, 1.82) is 0 Å². The third-order valence-electron chi connectivity index (χ3n) is 2.19. The van der Waals surface area contributed by atoms with Crippen LogP contribution in [0.2, 0.25) is 0 Å². The highest BCUT2D eigenvalue weighted by atomic mass is 32.1. The number of carboxylic acid groups (broad SMARTS) is 1. The van der Waals surface area contributed by atoms with Gasteiger partial charge in [-0.15, -0.1) is 11.3 Å². The van der Waals surface area contributed by atoms with Gasteiger partial charge in [0.25, 0.3) is 0 Å². The summed E-state index contributed by atoms with van der Waals surface area (Å²) in [5.41, 5.74) is 0.838. The van der Waals surface area contributed by atoms with E-state index in [0.29, 0.717) is 12.6 Å². The summed E-state index contributed by atoms with van der Waals surface area (Å²) in [5, 5.41) is 13.9. The maximum Gasteiger partial charge on any atom is 0.328 e. The van der Waals surface area contributed by atoms with Crippen LogP contribution < -0.4 is 5.32 Å². The normalized spacial score (nSPS) is 13.8. The monoisotopic (exact) mass is 239 g/mol. The minimum Gasteiger partial charge on any atom is -0.478 e. The van der Waals surface area contributed by atoms with Gasteiger partial charge in [-0.3, -0.25) is 0 Å². The van der Waals surface area contributed by atoms with Crippen LogP contribution in [0.4, 0.5) is 0 Å². The molecule has 0 aliphatic carbocycles. The topological polar surface area (TPSA) is 49.3 Å². The summed E-state index contributed by atoms with van der Waals surface area (Å²) >= 11 is 1.75. The Morgan fingerprint density at radius 2 is 2.44 bits per heavy atom. The van der Waals surface area contributed by atoms with Crippen molar-refractivity contribution in [2.24, 2.45) is 0 Å². The van der Waals surface area contributed by atoms with Crippen molar-refractivity contribution < 1.29 is 9.90 Å². The van der Waals surface area contributed by atoms with Gasteiger partial charge in [0.15, 0.2) is 0 Å². The first kappa shape index (κ1) is 12.9. The van der Waals surface area contributed by atoms with E-state index in [-0.39, 0.29) is 0 Å². The highest BCUT2D eigenvalue weighted by Gasteiger charge is 2.04. The highest BCUT2D eigenvalue weighted by Crippen LogP contribution is 2.10. The average molecular weight is 239 g/mol. The zero-order valence-corrected chi connectivity index (χ0v) is 10.4. The van der Waals surface area contributed by atoms with E-state index in [0.717, 1.165) is 12.0 Å². The van der Waals surface area contributed by atoms with Crippen molar-refractivity contribution in [1.82, 2.24) is 5.32 Å². The average Bonchev–Trinajstić information content (AvgIpc) is 2.66. The summed E-state index contributed by atoms with van der Waals surface area (Å²) in [4.78, 5) is 11.8. The fraction of sp³-hybridized carbons (Fsp3) is 0.417. The Bertz CT molecular complexity index is 357. The molecule has 4 heteroatoms. The molecule has 0 aliphatic heterocycles. The third kappa shape index (κ3) is 5.09. The Hall–Kier alpha value is -1.13. The Balaban J connectivity index is 2.30. The molecular formula is C12H17NO2S. The summed E-state index contributed by atoms with van der Waals surface area (Å²) in [6, 6.07) is 4.52. The molecule has 0 amide bonds. The van der Waals surface area contributed by atoms with E-state index in [2.05, 4.69) is 23.7 Å². The van der Waals surface area contributed by atoms with Gasteiger partial charge in [0, 0.05) is 23.5 Å². The van der Waals surface area contributed by atoms with Gasteiger partial charge in [0.05, 0.1) is 0 Å². The molecule has 0 saturated carbocycles. The lowest BCUT2D eigenvalue weighted by Crippen LogP contribution is -2.29. The van der Waals surface area contributed by atoms with Crippen LogP contribution >= 0.6 is 11.3 Å². The van der Waals surface area contributed by atoms with Crippen LogP contribution in [-0.4, -0.2) is 23.7 Å². The van der Waals surface area contributed by atoms with Crippen LogP contribution in [0.15, 0.2) is 29.2 Å². The lowest BCUT2D eigenvalue weighted by atomic mass is 10.2. The van der Waals surface area contributed by atoms with Crippen molar-refractivity contribution >= 4 is 17.3 Å². The van der Waals surface area contributed by atoms with E-state index < -0.39 is 5.97 Å². The van der Waals surface area contributed by atoms with Crippen LogP contribution in [0.25, 0.3) is 0 Å². The van der Waals surface area contributed by atoms with Gasteiger partial charge < -0.3 is 10.4 Å². The molecule has 1 aromatic rings. The SMILES string of the molecule is C/C(=C\C(=O)O)CNC(C)Cc1cccs1. The highest BCUT2D eigenvalue weighted by molar-refractivity contribution is 7.09. The molecule has 1 atom stereocenters. The second-order valence-electron chi connectivity index (χ2n) is 3.89. The van der Waals surface area contributed by atoms with E-state index in [1.807, 2.05) is 13.0 Å². The lowest BCUT2D eigenvalue weighted by molar-refractivity contribution is -0.131. The number of thiophene rings is 1. The number of carboxylic acids is 1. The van der Waals surface area contributed by atoms with Gasteiger partial charge in [-0.05, 0) is 31.7 Å².